The highest BCUT2D eigenvalue weighted by molar-refractivity contribution is 5.76. The normalized spacial score (nSPS) is 18.4. The minimum absolute atomic E-state index is 0.0995. The van der Waals surface area contributed by atoms with Gasteiger partial charge in [0.15, 0.2) is 0 Å². The van der Waals surface area contributed by atoms with Crippen LogP contribution in [-0.4, -0.2) is 53.6 Å². The second kappa shape index (κ2) is 5.38. The van der Waals surface area contributed by atoms with E-state index < -0.39 is 11.9 Å². The maximum Gasteiger partial charge on any atom is 0.319 e. The van der Waals surface area contributed by atoms with Crippen LogP contribution in [0.25, 0.3) is 0 Å². The number of hydrogen-bond donors (Lipinski definition) is 1. The van der Waals surface area contributed by atoms with Gasteiger partial charge in [0, 0.05) is 26.7 Å². The van der Waals surface area contributed by atoms with Crippen LogP contribution in [0.4, 0.5) is 4.79 Å². The summed E-state index contributed by atoms with van der Waals surface area (Å²) in [6.07, 6.45) is 2.38. The average molecular weight is 242 g/mol. The topological polar surface area (TPSA) is 60.9 Å². The monoisotopic (exact) mass is 242 g/mol. The van der Waals surface area contributed by atoms with Crippen molar-refractivity contribution in [2.75, 3.05) is 20.6 Å². The smallest absolute Gasteiger partial charge is 0.319 e. The summed E-state index contributed by atoms with van der Waals surface area (Å²) < 4.78 is 0. The molecule has 1 aliphatic carbocycles. The van der Waals surface area contributed by atoms with E-state index >= 15 is 0 Å². The third kappa shape index (κ3) is 3.61. The largest absolute Gasteiger partial charge is 0.481 e. The molecule has 2 unspecified atom stereocenters. The van der Waals surface area contributed by atoms with Gasteiger partial charge in [-0.05, 0) is 25.7 Å². The molecule has 0 spiro atoms. The molecule has 17 heavy (non-hydrogen) atoms. The first-order valence-electron chi connectivity index (χ1n) is 6.05. The van der Waals surface area contributed by atoms with Crippen molar-refractivity contribution in [2.45, 2.75) is 32.7 Å². The van der Waals surface area contributed by atoms with E-state index in [0.29, 0.717) is 5.92 Å². The van der Waals surface area contributed by atoms with Crippen LogP contribution in [0, 0.1) is 11.8 Å². The molecule has 0 aromatic rings. The van der Waals surface area contributed by atoms with E-state index in [0.717, 1.165) is 0 Å². The number of carboxylic acid groups (broad SMARTS) is 1. The lowest BCUT2D eigenvalue weighted by molar-refractivity contribution is -0.141. The Labute approximate surface area is 102 Å². The van der Waals surface area contributed by atoms with Gasteiger partial charge in [-0.3, -0.25) is 4.79 Å². The van der Waals surface area contributed by atoms with Crippen molar-refractivity contribution in [2.24, 2.45) is 11.8 Å². The summed E-state index contributed by atoms with van der Waals surface area (Å²) in [5.74, 6) is -0.787. The zero-order valence-electron chi connectivity index (χ0n) is 11.0. The molecule has 0 heterocycles. The average Bonchev–Trinajstić information content (AvgIpc) is 3.09. The zero-order valence-corrected chi connectivity index (χ0v) is 11.0. The second-order valence-corrected chi connectivity index (χ2v) is 5.09. The molecule has 0 radical (unpaired) electrons. The van der Waals surface area contributed by atoms with Crippen LogP contribution < -0.4 is 0 Å². The van der Waals surface area contributed by atoms with Crippen molar-refractivity contribution < 1.29 is 14.7 Å². The number of hydrogen-bond acceptors (Lipinski definition) is 2. The van der Waals surface area contributed by atoms with Gasteiger partial charge in [0.25, 0.3) is 0 Å². The molecule has 1 rings (SSSR count). The fraction of sp³-hybridized carbons (Fsp3) is 0.833. The molecule has 5 heteroatoms. The van der Waals surface area contributed by atoms with Gasteiger partial charge in [-0.25, -0.2) is 4.79 Å². The first kappa shape index (κ1) is 13.8. The molecule has 0 aromatic heterocycles. The fourth-order valence-corrected chi connectivity index (χ4v) is 1.91. The predicted molar refractivity (Wildman–Crippen MR) is 64.8 cm³/mol. The third-order valence-corrected chi connectivity index (χ3v) is 3.51. The van der Waals surface area contributed by atoms with Crippen molar-refractivity contribution in [3.8, 4) is 0 Å². The molecule has 2 atom stereocenters. The SMILES string of the molecule is CC(CN(C)C(=O)N(C)C(C)C1CC1)C(=O)O. The number of aliphatic carboxylic acids is 1. The molecule has 0 aromatic carbocycles. The summed E-state index contributed by atoms with van der Waals surface area (Å²) in [5, 5.41) is 8.81. The summed E-state index contributed by atoms with van der Waals surface area (Å²) >= 11 is 0. The molecule has 98 valence electrons. The van der Waals surface area contributed by atoms with E-state index in [2.05, 4.69) is 0 Å². The molecule has 0 bridgehead atoms. The Morgan fingerprint density at radius 3 is 2.24 bits per heavy atom. The van der Waals surface area contributed by atoms with E-state index in [4.69, 9.17) is 5.11 Å². The molecular formula is C12H22N2O3. The van der Waals surface area contributed by atoms with Crippen molar-refractivity contribution in [1.29, 1.82) is 0 Å². The Hall–Kier alpha value is -1.26. The van der Waals surface area contributed by atoms with Gasteiger partial charge in [0.2, 0.25) is 0 Å². The first-order valence-corrected chi connectivity index (χ1v) is 6.05. The summed E-state index contributed by atoms with van der Waals surface area (Å²) in [6, 6.07) is 0.141. The lowest BCUT2D eigenvalue weighted by Gasteiger charge is -2.30. The minimum Gasteiger partial charge on any atom is -0.481 e. The van der Waals surface area contributed by atoms with Gasteiger partial charge in [-0.2, -0.15) is 0 Å². The first-order chi connectivity index (χ1) is 7.84. The van der Waals surface area contributed by atoms with Gasteiger partial charge in [-0.15, -0.1) is 0 Å². The van der Waals surface area contributed by atoms with Gasteiger partial charge in [0.1, 0.15) is 0 Å². The van der Waals surface area contributed by atoms with Crippen LogP contribution in [0.15, 0.2) is 0 Å². The highest BCUT2D eigenvalue weighted by atomic mass is 16.4. The van der Waals surface area contributed by atoms with Crippen LogP contribution in [0.3, 0.4) is 0 Å². The van der Waals surface area contributed by atoms with Crippen LogP contribution in [0.2, 0.25) is 0 Å². The summed E-state index contributed by atoms with van der Waals surface area (Å²) in [4.78, 5) is 26.0. The summed E-state index contributed by atoms with van der Waals surface area (Å²) in [6.45, 7) is 3.90. The maximum atomic E-state index is 12.0. The fourth-order valence-electron chi connectivity index (χ4n) is 1.91. The lowest BCUT2D eigenvalue weighted by Crippen LogP contribution is -2.46. The van der Waals surface area contributed by atoms with Crippen LogP contribution >= 0.6 is 0 Å². The molecule has 5 nitrogen and oxygen atoms in total. The Morgan fingerprint density at radius 2 is 1.82 bits per heavy atom. The maximum absolute atomic E-state index is 12.0. The number of amides is 2. The Bertz CT molecular complexity index is 302. The minimum atomic E-state index is -0.873. The van der Waals surface area contributed by atoms with Crippen molar-refractivity contribution in [3.05, 3.63) is 0 Å². The molecular weight excluding hydrogens is 220 g/mol. The highest BCUT2D eigenvalue weighted by Crippen LogP contribution is 2.34. The van der Waals surface area contributed by atoms with E-state index in [1.165, 1.54) is 17.7 Å². The number of urea groups is 1. The van der Waals surface area contributed by atoms with E-state index in [1.807, 2.05) is 6.92 Å². The molecule has 2 amide bonds. The number of nitrogens with zero attached hydrogens (tertiary/aromatic N) is 2. The predicted octanol–water partition coefficient (Wildman–Crippen LogP) is 1.49. The van der Waals surface area contributed by atoms with E-state index in [-0.39, 0.29) is 18.6 Å². The quantitative estimate of drug-likeness (QED) is 0.794. The number of carbonyl (C=O) groups excluding carboxylic acids is 1. The van der Waals surface area contributed by atoms with Gasteiger partial charge in [-0.1, -0.05) is 6.92 Å². The molecule has 1 N–H and O–H groups in total. The van der Waals surface area contributed by atoms with E-state index in [1.54, 1.807) is 25.9 Å². The standard InChI is InChI=1S/C12H22N2O3/c1-8(11(15)16)7-13(3)12(17)14(4)9(2)10-5-6-10/h8-10H,5-7H2,1-4H3,(H,15,16). The van der Waals surface area contributed by atoms with Gasteiger partial charge < -0.3 is 14.9 Å². The number of rotatable bonds is 5. The molecule has 1 saturated carbocycles. The Balaban J connectivity index is 2.47. The summed E-state index contributed by atoms with van der Waals surface area (Å²) in [7, 11) is 3.44. The second-order valence-electron chi connectivity index (χ2n) is 5.09. The molecule has 0 aliphatic heterocycles. The molecule has 0 saturated heterocycles. The Morgan fingerprint density at radius 1 is 1.29 bits per heavy atom. The zero-order chi connectivity index (χ0) is 13.2. The van der Waals surface area contributed by atoms with Gasteiger partial charge in [0.05, 0.1) is 5.92 Å². The van der Waals surface area contributed by atoms with Crippen molar-refractivity contribution in [1.82, 2.24) is 9.80 Å². The number of carboxylic acids is 1. The third-order valence-electron chi connectivity index (χ3n) is 3.51. The Kier molecular flexibility index (Phi) is 4.37. The van der Waals surface area contributed by atoms with Crippen molar-refractivity contribution >= 4 is 12.0 Å². The van der Waals surface area contributed by atoms with Crippen molar-refractivity contribution in [3.63, 3.8) is 0 Å². The van der Waals surface area contributed by atoms with Crippen LogP contribution in [0.1, 0.15) is 26.7 Å². The molecule has 1 aliphatic rings. The summed E-state index contributed by atoms with van der Waals surface area (Å²) in [5.41, 5.74) is 0. The lowest BCUT2D eigenvalue weighted by atomic mass is 10.1. The number of carbonyl (C=O) groups is 2. The van der Waals surface area contributed by atoms with Crippen LogP contribution in [0.5, 0.6) is 0 Å². The van der Waals surface area contributed by atoms with E-state index in [9.17, 15) is 9.59 Å². The highest BCUT2D eigenvalue weighted by Gasteiger charge is 2.33. The van der Waals surface area contributed by atoms with Crippen LogP contribution in [-0.2, 0) is 4.79 Å². The van der Waals surface area contributed by atoms with Gasteiger partial charge >= 0.3 is 12.0 Å². The molecule has 1 fully saturated rings.